The van der Waals surface area contributed by atoms with Crippen molar-refractivity contribution >= 4 is 15.2 Å². The molecule has 11 heteroatoms. The quantitative estimate of drug-likeness (QED) is 0.402. The van der Waals surface area contributed by atoms with E-state index in [1.165, 1.54) is 0 Å². The van der Waals surface area contributed by atoms with Gasteiger partial charge in [-0.3, -0.25) is 9.13 Å². The summed E-state index contributed by atoms with van der Waals surface area (Å²) in [5.74, 6) is 0. The van der Waals surface area contributed by atoms with Gasteiger partial charge in [-0.25, -0.2) is 0 Å². The van der Waals surface area contributed by atoms with E-state index in [4.69, 9.17) is 34.8 Å². The average molecular weight is 333 g/mol. The van der Waals surface area contributed by atoms with Gasteiger partial charge in [-0.1, -0.05) is 0 Å². The lowest BCUT2D eigenvalue weighted by Gasteiger charge is -2.26. The van der Waals surface area contributed by atoms with Crippen molar-refractivity contribution in [2.24, 2.45) is 5.73 Å². The summed E-state index contributed by atoms with van der Waals surface area (Å²) in [6.07, 6.45) is 1.66. The highest BCUT2D eigenvalue weighted by Crippen LogP contribution is 2.61. The predicted molar refractivity (Wildman–Crippen MR) is 70.0 cm³/mol. The lowest BCUT2D eigenvalue weighted by atomic mass is 10.2. The first-order valence-corrected chi connectivity index (χ1v) is 9.56. The Hall–Kier alpha value is 0.180. The number of ether oxygens (including phenoxy) is 2. The minimum absolute atomic E-state index is 0.0822. The van der Waals surface area contributed by atoms with Crippen molar-refractivity contribution in [3.63, 3.8) is 0 Å². The molecule has 1 saturated heterocycles. The summed E-state index contributed by atoms with van der Waals surface area (Å²) in [6, 6.07) is -0.897. The van der Waals surface area contributed by atoms with E-state index in [1.54, 1.807) is 0 Å². The molecule has 120 valence electrons. The van der Waals surface area contributed by atoms with Crippen molar-refractivity contribution in [1.82, 2.24) is 0 Å². The number of hydrogen-bond acceptors (Lipinski definition) is 5. The largest absolute Gasteiger partial charge is 0.353 e. The zero-order valence-corrected chi connectivity index (χ0v) is 12.7. The van der Waals surface area contributed by atoms with Crippen LogP contribution in [0.3, 0.4) is 0 Å². The molecule has 0 saturated carbocycles. The molecule has 1 heterocycles. The van der Waals surface area contributed by atoms with Gasteiger partial charge in [0.25, 0.3) is 0 Å². The van der Waals surface area contributed by atoms with Crippen molar-refractivity contribution in [3.05, 3.63) is 0 Å². The topological polar surface area (TPSA) is 160 Å². The molecule has 0 aromatic heterocycles. The van der Waals surface area contributed by atoms with E-state index >= 15 is 0 Å². The van der Waals surface area contributed by atoms with Crippen LogP contribution in [0.5, 0.6) is 0 Å². The average Bonchev–Trinajstić information content (AvgIpc) is 2.32. The Kier molecular flexibility index (Phi) is 6.79. The van der Waals surface area contributed by atoms with E-state index in [-0.39, 0.29) is 6.61 Å². The summed E-state index contributed by atoms with van der Waals surface area (Å²) in [4.78, 5) is 35.9. The Morgan fingerprint density at radius 1 is 1.20 bits per heavy atom. The lowest BCUT2D eigenvalue weighted by Crippen LogP contribution is -2.34. The van der Waals surface area contributed by atoms with Crippen LogP contribution in [0.4, 0.5) is 0 Å². The molecular formula is C9H21NO8P2. The van der Waals surface area contributed by atoms with E-state index in [0.717, 1.165) is 12.8 Å². The molecule has 2 unspecified atom stereocenters. The lowest BCUT2D eigenvalue weighted by molar-refractivity contribution is -0.164. The third kappa shape index (κ3) is 6.30. The Morgan fingerprint density at radius 2 is 1.80 bits per heavy atom. The van der Waals surface area contributed by atoms with Crippen LogP contribution in [0.2, 0.25) is 0 Å². The van der Waals surface area contributed by atoms with Crippen molar-refractivity contribution in [2.75, 3.05) is 13.2 Å². The van der Waals surface area contributed by atoms with Crippen LogP contribution < -0.4 is 5.73 Å². The zero-order valence-electron chi connectivity index (χ0n) is 10.9. The Balaban J connectivity index is 2.48. The standard InChI is InChI=1S/C9H21NO8P2/c10-7(6-18-8-3-1-2-4-17-8)5-9(19(11,12)13)20(14,15)16/h7-9H,1-6,10H2,(H2,11,12,13)(H2,14,15,16). The first-order valence-electron chi connectivity index (χ1n) is 6.20. The number of hydrogen-bond donors (Lipinski definition) is 5. The maximum atomic E-state index is 11.1. The van der Waals surface area contributed by atoms with E-state index in [0.29, 0.717) is 13.0 Å². The molecule has 1 aliphatic rings. The van der Waals surface area contributed by atoms with E-state index in [9.17, 15) is 9.13 Å². The maximum absolute atomic E-state index is 11.1. The molecule has 0 aromatic rings. The fourth-order valence-corrected chi connectivity index (χ4v) is 4.54. The molecule has 0 aliphatic carbocycles. The fraction of sp³-hybridized carbons (Fsp3) is 1.00. The summed E-state index contributed by atoms with van der Waals surface area (Å²) < 4.78 is 32.8. The van der Waals surface area contributed by atoms with Crippen molar-refractivity contribution in [2.45, 2.75) is 43.4 Å². The van der Waals surface area contributed by atoms with Gasteiger partial charge in [-0.2, -0.15) is 0 Å². The first kappa shape index (κ1) is 18.2. The van der Waals surface area contributed by atoms with Crippen LogP contribution in [0, 0.1) is 0 Å². The van der Waals surface area contributed by atoms with Gasteiger partial charge in [-0.05, 0) is 25.7 Å². The third-order valence-corrected chi connectivity index (χ3v) is 6.70. The van der Waals surface area contributed by atoms with Gasteiger partial charge in [0.1, 0.15) is 0 Å². The summed E-state index contributed by atoms with van der Waals surface area (Å²) in [7, 11) is -9.87. The van der Waals surface area contributed by atoms with Crippen LogP contribution in [-0.4, -0.2) is 50.5 Å². The van der Waals surface area contributed by atoms with Gasteiger partial charge >= 0.3 is 15.2 Å². The second-order valence-electron chi connectivity index (χ2n) is 4.78. The molecular weight excluding hydrogens is 312 g/mol. The Labute approximate surface area is 116 Å². The summed E-state index contributed by atoms with van der Waals surface area (Å²) >= 11 is 0. The van der Waals surface area contributed by atoms with Crippen LogP contribution >= 0.6 is 15.2 Å². The van der Waals surface area contributed by atoms with Gasteiger partial charge in [-0.15, -0.1) is 0 Å². The molecule has 1 aliphatic heterocycles. The molecule has 0 radical (unpaired) electrons. The molecule has 6 N–H and O–H groups in total. The van der Waals surface area contributed by atoms with E-state index in [1.807, 2.05) is 0 Å². The van der Waals surface area contributed by atoms with Crippen molar-refractivity contribution in [1.29, 1.82) is 0 Å². The summed E-state index contributed by atoms with van der Waals surface area (Å²) in [5.41, 5.74) is 5.62. The fourth-order valence-electron chi connectivity index (χ4n) is 1.88. The smallest absolute Gasteiger partial charge is 0.340 e. The van der Waals surface area contributed by atoms with Crippen molar-refractivity contribution < 1.29 is 38.2 Å². The summed E-state index contributed by atoms with van der Waals surface area (Å²) in [6.45, 7) is 0.495. The number of nitrogens with two attached hydrogens (primary N) is 1. The summed E-state index contributed by atoms with van der Waals surface area (Å²) in [5, 5.41) is -2.10. The molecule has 0 aromatic carbocycles. The molecule has 0 bridgehead atoms. The Bertz CT molecular complexity index is 365. The number of rotatable bonds is 7. The minimum atomic E-state index is -4.94. The molecule has 0 spiro atoms. The predicted octanol–water partition coefficient (Wildman–Crippen LogP) is -0.0715. The van der Waals surface area contributed by atoms with Gasteiger partial charge < -0.3 is 34.8 Å². The normalized spacial score (nSPS) is 23.0. The molecule has 20 heavy (non-hydrogen) atoms. The zero-order chi connectivity index (χ0) is 15.4. The highest BCUT2D eigenvalue weighted by Gasteiger charge is 2.44. The highest BCUT2D eigenvalue weighted by atomic mass is 31.2. The van der Waals surface area contributed by atoms with Gasteiger partial charge in [0, 0.05) is 12.6 Å². The molecule has 1 fully saturated rings. The maximum Gasteiger partial charge on any atom is 0.340 e. The minimum Gasteiger partial charge on any atom is -0.353 e. The van der Waals surface area contributed by atoms with Crippen LogP contribution in [-0.2, 0) is 18.6 Å². The van der Waals surface area contributed by atoms with Crippen LogP contribution in [0.25, 0.3) is 0 Å². The van der Waals surface area contributed by atoms with E-state index < -0.39 is 39.3 Å². The van der Waals surface area contributed by atoms with Crippen LogP contribution in [0.15, 0.2) is 0 Å². The van der Waals surface area contributed by atoms with Gasteiger partial charge in [0.05, 0.1) is 6.61 Å². The van der Waals surface area contributed by atoms with Crippen LogP contribution in [0.1, 0.15) is 25.7 Å². The van der Waals surface area contributed by atoms with E-state index in [2.05, 4.69) is 0 Å². The third-order valence-electron chi connectivity index (χ3n) is 2.92. The molecule has 1 rings (SSSR count). The van der Waals surface area contributed by atoms with Gasteiger partial charge in [0.15, 0.2) is 11.7 Å². The molecule has 2 atom stereocenters. The SMILES string of the molecule is NC(COC1CCCCO1)CC(P(=O)(O)O)P(=O)(O)O. The van der Waals surface area contributed by atoms with Crippen molar-refractivity contribution in [3.8, 4) is 0 Å². The van der Waals surface area contributed by atoms with Gasteiger partial charge in [0.2, 0.25) is 0 Å². The molecule has 0 amide bonds. The molecule has 9 nitrogen and oxygen atoms in total. The second-order valence-corrected chi connectivity index (χ2v) is 8.79. The highest BCUT2D eigenvalue weighted by molar-refractivity contribution is 7.70. The second kappa shape index (κ2) is 7.45. The first-order chi connectivity index (χ1) is 9.10. The Morgan fingerprint density at radius 3 is 2.25 bits per heavy atom. The monoisotopic (exact) mass is 333 g/mol.